The summed E-state index contributed by atoms with van der Waals surface area (Å²) >= 11 is 0. The quantitative estimate of drug-likeness (QED) is 0.205. The molecule has 2 aliphatic rings. The van der Waals surface area contributed by atoms with Crippen LogP contribution in [0.1, 0.15) is 58.9 Å². The molecule has 0 radical (unpaired) electrons. The van der Waals surface area contributed by atoms with E-state index in [1.165, 1.54) is 6.08 Å². The van der Waals surface area contributed by atoms with E-state index in [0.717, 1.165) is 49.6 Å². The van der Waals surface area contributed by atoms with Crippen molar-refractivity contribution < 1.29 is 19.0 Å². The molecule has 228 valence electrons. The van der Waals surface area contributed by atoms with Crippen molar-refractivity contribution >= 4 is 17.4 Å². The molecule has 1 heterocycles. The Morgan fingerprint density at radius 2 is 1.95 bits per heavy atom. The van der Waals surface area contributed by atoms with Gasteiger partial charge in [-0.05, 0) is 56.6 Å². The number of nitrogens with one attached hydrogen (secondary N) is 1. The van der Waals surface area contributed by atoms with Gasteiger partial charge in [-0.15, -0.1) is 0 Å². The third-order valence-corrected chi connectivity index (χ3v) is 6.29. The third-order valence-electron chi connectivity index (χ3n) is 6.29. The number of halogens is 1. The molecule has 1 aliphatic carbocycles. The highest BCUT2D eigenvalue weighted by molar-refractivity contribution is 6.05. The zero-order chi connectivity index (χ0) is 30.3. The van der Waals surface area contributed by atoms with Gasteiger partial charge in [-0.1, -0.05) is 58.1 Å². The maximum absolute atomic E-state index is 14.5. The number of guanidine groups is 1. The Bertz CT molecular complexity index is 1040. The van der Waals surface area contributed by atoms with E-state index in [0.29, 0.717) is 37.6 Å². The van der Waals surface area contributed by atoms with Gasteiger partial charge in [0.05, 0.1) is 25.6 Å². The molecule has 1 aliphatic heterocycles. The number of nitrogens with zero attached hydrogens (tertiary/aromatic N) is 3. The number of likely N-dealkylation sites (N-methyl/N-ethyl adjacent to an activating group) is 1. The SMILES string of the molecule is CC.CCN(CC)CCOC.Cc1cccc(NC2=NC=CCC(C3C=C(F)C=C(OCC/C=C/CO)CC3)=N2)c1. The molecule has 7 nitrogen and oxygen atoms in total. The van der Waals surface area contributed by atoms with E-state index in [2.05, 4.69) is 29.1 Å². The lowest BCUT2D eigenvalue weighted by Gasteiger charge is -2.16. The summed E-state index contributed by atoms with van der Waals surface area (Å²) in [5.41, 5.74) is 2.94. The van der Waals surface area contributed by atoms with Crippen LogP contribution in [-0.2, 0) is 9.47 Å². The molecule has 0 saturated carbocycles. The van der Waals surface area contributed by atoms with Gasteiger partial charge in [-0.3, -0.25) is 0 Å². The molecule has 0 saturated heterocycles. The molecule has 1 unspecified atom stereocenters. The largest absolute Gasteiger partial charge is 0.498 e. The average molecular weight is 571 g/mol. The number of allylic oxidation sites excluding steroid dienone is 5. The first-order valence-corrected chi connectivity index (χ1v) is 14.8. The number of anilines is 1. The molecular formula is C33H51FN4O3. The molecule has 2 N–H and O–H groups in total. The second-order valence-electron chi connectivity index (χ2n) is 9.26. The molecule has 1 atom stereocenters. The van der Waals surface area contributed by atoms with Crippen molar-refractivity contribution in [1.29, 1.82) is 0 Å². The molecule has 0 amide bonds. The second kappa shape index (κ2) is 22.6. The molecule has 8 heteroatoms. The molecule has 3 rings (SSSR count). The van der Waals surface area contributed by atoms with E-state index >= 15 is 0 Å². The number of ether oxygens (including phenoxy) is 2. The maximum atomic E-state index is 14.5. The van der Waals surface area contributed by atoms with Crippen molar-refractivity contribution in [3.8, 4) is 0 Å². The lowest BCUT2D eigenvalue weighted by molar-refractivity contribution is 0.154. The van der Waals surface area contributed by atoms with Crippen LogP contribution < -0.4 is 5.32 Å². The van der Waals surface area contributed by atoms with Gasteiger partial charge in [0.25, 0.3) is 0 Å². The van der Waals surface area contributed by atoms with Crippen LogP contribution in [-0.4, -0.2) is 68.2 Å². The van der Waals surface area contributed by atoms with E-state index in [4.69, 9.17) is 19.6 Å². The van der Waals surface area contributed by atoms with Crippen LogP contribution in [0.15, 0.2) is 82.4 Å². The summed E-state index contributed by atoms with van der Waals surface area (Å²) < 4.78 is 25.1. The number of rotatable bonds is 12. The topological polar surface area (TPSA) is 78.7 Å². The summed E-state index contributed by atoms with van der Waals surface area (Å²) in [5.74, 6) is 0.714. The molecule has 41 heavy (non-hydrogen) atoms. The van der Waals surface area contributed by atoms with Gasteiger partial charge in [0.2, 0.25) is 5.96 Å². The lowest BCUT2D eigenvalue weighted by atomic mass is 9.95. The van der Waals surface area contributed by atoms with E-state index in [1.807, 2.05) is 57.2 Å². The Labute approximate surface area is 247 Å². The van der Waals surface area contributed by atoms with Gasteiger partial charge in [0.15, 0.2) is 0 Å². The molecule has 0 bridgehead atoms. The molecule has 1 aromatic carbocycles. The molecule has 0 fully saturated rings. The molecule has 0 spiro atoms. The van der Waals surface area contributed by atoms with E-state index < -0.39 is 0 Å². The van der Waals surface area contributed by atoms with Gasteiger partial charge in [0, 0.05) is 56.1 Å². The number of benzene rings is 1. The van der Waals surface area contributed by atoms with Crippen molar-refractivity contribution in [2.45, 2.75) is 60.3 Å². The highest BCUT2D eigenvalue weighted by Crippen LogP contribution is 2.26. The number of aryl methyl sites for hydroxylation is 1. The van der Waals surface area contributed by atoms with Crippen LogP contribution in [0.3, 0.4) is 0 Å². The maximum Gasteiger partial charge on any atom is 0.227 e. The van der Waals surface area contributed by atoms with Crippen molar-refractivity contribution in [2.75, 3.05) is 51.9 Å². The van der Waals surface area contributed by atoms with Crippen molar-refractivity contribution in [3.63, 3.8) is 0 Å². The van der Waals surface area contributed by atoms with Crippen LogP contribution in [0.2, 0.25) is 0 Å². The molecular weight excluding hydrogens is 519 g/mol. The first kappa shape index (κ1) is 36.0. The number of hydrogen-bond acceptors (Lipinski definition) is 7. The fourth-order valence-electron chi connectivity index (χ4n) is 4.09. The minimum absolute atomic E-state index is 0.0162. The van der Waals surface area contributed by atoms with Crippen molar-refractivity contribution in [3.05, 3.63) is 78.0 Å². The highest BCUT2D eigenvalue weighted by Gasteiger charge is 2.20. The Hall–Kier alpha value is -3.07. The smallest absolute Gasteiger partial charge is 0.227 e. The van der Waals surface area contributed by atoms with Crippen LogP contribution >= 0.6 is 0 Å². The van der Waals surface area contributed by atoms with Gasteiger partial charge < -0.3 is 24.8 Å². The number of hydrogen-bond donors (Lipinski definition) is 2. The second-order valence-corrected chi connectivity index (χ2v) is 9.26. The van der Waals surface area contributed by atoms with Gasteiger partial charge in [0.1, 0.15) is 5.83 Å². The normalized spacial score (nSPS) is 16.7. The predicted molar refractivity (Wildman–Crippen MR) is 171 cm³/mol. The minimum atomic E-state index is -0.306. The van der Waals surface area contributed by atoms with E-state index in [-0.39, 0.29) is 18.4 Å². The monoisotopic (exact) mass is 570 g/mol. The summed E-state index contributed by atoms with van der Waals surface area (Å²) in [6, 6.07) is 8.00. The zero-order valence-corrected chi connectivity index (χ0v) is 25.9. The third kappa shape index (κ3) is 15.5. The summed E-state index contributed by atoms with van der Waals surface area (Å²) in [4.78, 5) is 11.4. The average Bonchev–Trinajstić information content (AvgIpc) is 3.33. The highest BCUT2D eigenvalue weighted by atomic mass is 19.1. The first-order chi connectivity index (χ1) is 20.0. The van der Waals surface area contributed by atoms with Crippen molar-refractivity contribution in [1.82, 2.24) is 4.90 Å². The Morgan fingerprint density at radius 1 is 1.17 bits per heavy atom. The van der Waals surface area contributed by atoms with E-state index in [1.54, 1.807) is 25.5 Å². The van der Waals surface area contributed by atoms with E-state index in [9.17, 15) is 4.39 Å². The Kier molecular flexibility index (Phi) is 19.8. The first-order valence-electron chi connectivity index (χ1n) is 14.8. The number of aliphatic hydroxyl groups excluding tert-OH is 1. The van der Waals surface area contributed by atoms with Gasteiger partial charge in [-0.2, -0.15) is 0 Å². The Balaban J connectivity index is 0.000000653. The summed E-state index contributed by atoms with van der Waals surface area (Å²) in [6.45, 7) is 15.0. The van der Waals surface area contributed by atoms with Gasteiger partial charge >= 0.3 is 0 Å². The lowest BCUT2D eigenvalue weighted by Crippen LogP contribution is -2.26. The van der Waals surface area contributed by atoms with Crippen LogP contribution in [0, 0.1) is 12.8 Å². The van der Waals surface area contributed by atoms with Crippen molar-refractivity contribution in [2.24, 2.45) is 15.9 Å². The fourth-order valence-corrected chi connectivity index (χ4v) is 4.09. The van der Waals surface area contributed by atoms with Crippen LogP contribution in [0.5, 0.6) is 0 Å². The summed E-state index contributed by atoms with van der Waals surface area (Å²) in [6.07, 6.45) is 12.9. The minimum Gasteiger partial charge on any atom is -0.498 e. The molecule has 1 aromatic rings. The summed E-state index contributed by atoms with van der Waals surface area (Å²) in [7, 11) is 1.74. The zero-order valence-electron chi connectivity index (χ0n) is 25.9. The Morgan fingerprint density at radius 3 is 2.63 bits per heavy atom. The number of aliphatic hydroxyl groups is 1. The van der Waals surface area contributed by atoms with Crippen LogP contribution in [0.4, 0.5) is 10.1 Å². The number of methoxy groups -OCH3 is 1. The summed E-state index contributed by atoms with van der Waals surface area (Å²) in [5, 5.41) is 12.0. The molecule has 0 aromatic heterocycles. The fraction of sp³-hybridized carbons (Fsp3) is 0.515. The van der Waals surface area contributed by atoms with Crippen LogP contribution in [0.25, 0.3) is 0 Å². The predicted octanol–water partition coefficient (Wildman–Crippen LogP) is 7.22. The standard InChI is InChI=1S/C24H28FN3O2.C7H17NO.C2H6/c1-18-7-5-8-21(15-18)27-24-26-12-6-9-23(28-24)19-10-11-22(17-20(25)16-19)30-14-4-2-3-13-29;1-4-8(5-2)6-7-9-3;1-2/h2-3,5-8,12,15-17,19,29H,4,9-11,13-14H2,1H3,(H,26,27);4-7H2,1-3H3;1-2H3/b3-2+;;. The number of aliphatic imine (C=N–C) groups is 2. The van der Waals surface area contributed by atoms with Gasteiger partial charge in [-0.25, -0.2) is 14.4 Å².